The van der Waals surface area contributed by atoms with Gasteiger partial charge in [-0.3, -0.25) is 0 Å². The van der Waals surface area contributed by atoms with Gasteiger partial charge in [-0.25, -0.2) is 9.50 Å². The molecule has 8 heteroatoms. The van der Waals surface area contributed by atoms with Crippen molar-refractivity contribution in [1.29, 1.82) is 0 Å². The van der Waals surface area contributed by atoms with E-state index in [9.17, 15) is 0 Å². The zero-order valence-corrected chi connectivity index (χ0v) is 16.6. The monoisotopic (exact) mass is 380 g/mol. The lowest BCUT2D eigenvalue weighted by Crippen LogP contribution is -2.44. The van der Waals surface area contributed by atoms with Crippen LogP contribution in [0.15, 0.2) is 36.7 Å². The van der Waals surface area contributed by atoms with E-state index in [1.165, 1.54) is 5.56 Å². The second kappa shape index (κ2) is 8.53. The Labute approximate surface area is 165 Å². The third kappa shape index (κ3) is 4.58. The first kappa shape index (κ1) is 18.6. The number of nitrogens with zero attached hydrogens (tertiary/aromatic N) is 6. The zero-order chi connectivity index (χ0) is 19.3. The normalized spacial score (nSPS) is 15.8. The third-order valence-electron chi connectivity index (χ3n) is 5.07. The van der Waals surface area contributed by atoms with Crippen LogP contribution in [0, 0.1) is 6.92 Å². The minimum atomic E-state index is 0.569. The molecule has 1 aromatic carbocycles. The fraction of sp³-hybridized carbons (Fsp3) is 0.450. The number of anilines is 3. The van der Waals surface area contributed by atoms with Crippen molar-refractivity contribution in [2.45, 2.75) is 13.3 Å². The second-order valence-electron chi connectivity index (χ2n) is 7.40. The molecule has 0 amide bonds. The number of aryl methyl sites for hydroxylation is 1. The number of nitrogens with one attached hydrogen (secondary N) is 2. The van der Waals surface area contributed by atoms with Crippen LogP contribution in [0.3, 0.4) is 0 Å². The van der Waals surface area contributed by atoms with Gasteiger partial charge in [0.1, 0.15) is 0 Å². The van der Waals surface area contributed by atoms with Crippen LogP contribution in [0.4, 0.5) is 17.5 Å². The lowest BCUT2D eigenvalue weighted by Gasteiger charge is -2.32. The maximum absolute atomic E-state index is 4.61. The number of rotatable bonds is 7. The van der Waals surface area contributed by atoms with Gasteiger partial charge in [0.2, 0.25) is 5.95 Å². The number of likely N-dealkylation sites (N-methyl/N-ethyl adjacent to an activating group) is 1. The highest BCUT2D eigenvalue weighted by atomic mass is 15.4. The van der Waals surface area contributed by atoms with E-state index in [2.05, 4.69) is 61.6 Å². The van der Waals surface area contributed by atoms with Crippen molar-refractivity contribution >= 4 is 23.1 Å². The summed E-state index contributed by atoms with van der Waals surface area (Å²) in [6.45, 7) is 8.67. The molecule has 4 rings (SSSR count). The van der Waals surface area contributed by atoms with Gasteiger partial charge >= 0.3 is 0 Å². The molecule has 0 radical (unpaired) electrons. The first-order valence-electron chi connectivity index (χ1n) is 9.87. The molecule has 0 bridgehead atoms. The van der Waals surface area contributed by atoms with E-state index >= 15 is 0 Å². The summed E-state index contributed by atoms with van der Waals surface area (Å²) in [7, 11) is 2.19. The van der Waals surface area contributed by atoms with Crippen LogP contribution in [0.5, 0.6) is 0 Å². The summed E-state index contributed by atoms with van der Waals surface area (Å²) in [4.78, 5) is 14.0. The van der Waals surface area contributed by atoms with Gasteiger partial charge in [0.15, 0.2) is 11.5 Å². The smallest absolute Gasteiger partial charge is 0.247 e. The Morgan fingerprint density at radius 3 is 2.82 bits per heavy atom. The van der Waals surface area contributed by atoms with Crippen molar-refractivity contribution in [3.63, 3.8) is 0 Å². The maximum atomic E-state index is 4.61. The standard InChI is InChI=1S/C20H28N8/c1-16-5-3-6-17(15-16)23-20-24-19-18(22-8-10-28(19)25-20)21-7-4-9-27-13-11-26(2)12-14-27/h3,5-6,8,10,15H,4,7,9,11-14H2,1-2H3,(H,21,22)(H,23,25). The lowest BCUT2D eigenvalue weighted by molar-refractivity contribution is 0.154. The largest absolute Gasteiger partial charge is 0.367 e. The molecule has 1 aliphatic heterocycles. The fourth-order valence-corrected chi connectivity index (χ4v) is 3.43. The summed E-state index contributed by atoms with van der Waals surface area (Å²) in [5, 5.41) is 11.2. The minimum Gasteiger partial charge on any atom is -0.367 e. The molecule has 1 saturated heterocycles. The van der Waals surface area contributed by atoms with Crippen molar-refractivity contribution in [3.8, 4) is 0 Å². The third-order valence-corrected chi connectivity index (χ3v) is 5.07. The van der Waals surface area contributed by atoms with Crippen LogP contribution < -0.4 is 10.6 Å². The van der Waals surface area contributed by atoms with Crippen molar-refractivity contribution in [2.75, 3.05) is 56.9 Å². The SMILES string of the molecule is Cc1cccc(Nc2nc3c(NCCCN4CCN(C)CC4)nccn3n2)c1. The van der Waals surface area contributed by atoms with Crippen molar-refractivity contribution in [3.05, 3.63) is 42.2 Å². The van der Waals surface area contributed by atoms with Crippen molar-refractivity contribution in [1.82, 2.24) is 29.4 Å². The van der Waals surface area contributed by atoms with E-state index in [0.717, 1.165) is 62.8 Å². The Balaban J connectivity index is 1.35. The predicted octanol–water partition coefficient (Wildman–Crippen LogP) is 2.23. The van der Waals surface area contributed by atoms with Gasteiger partial charge in [-0.15, -0.1) is 5.10 Å². The molecule has 0 saturated carbocycles. The van der Waals surface area contributed by atoms with E-state index in [-0.39, 0.29) is 0 Å². The molecule has 3 heterocycles. The summed E-state index contributed by atoms with van der Waals surface area (Å²) in [5.74, 6) is 1.34. The Kier molecular flexibility index (Phi) is 5.68. The Bertz CT molecular complexity index is 913. The molecule has 0 atom stereocenters. The fourth-order valence-electron chi connectivity index (χ4n) is 3.43. The first-order valence-corrected chi connectivity index (χ1v) is 9.87. The molecular formula is C20H28N8. The van der Waals surface area contributed by atoms with E-state index < -0.39 is 0 Å². The Hall–Kier alpha value is -2.71. The van der Waals surface area contributed by atoms with E-state index in [4.69, 9.17) is 0 Å². The second-order valence-corrected chi connectivity index (χ2v) is 7.40. The quantitative estimate of drug-likeness (QED) is 0.609. The van der Waals surface area contributed by atoms with Gasteiger partial charge in [-0.05, 0) is 44.6 Å². The van der Waals surface area contributed by atoms with Crippen LogP contribution in [-0.2, 0) is 0 Å². The Morgan fingerprint density at radius 2 is 2.00 bits per heavy atom. The average Bonchev–Trinajstić information content (AvgIpc) is 3.10. The van der Waals surface area contributed by atoms with Crippen LogP contribution in [0.25, 0.3) is 5.65 Å². The molecule has 0 aliphatic carbocycles. The van der Waals surface area contributed by atoms with Gasteiger partial charge in [0.25, 0.3) is 0 Å². The molecule has 2 N–H and O–H groups in total. The van der Waals surface area contributed by atoms with Crippen LogP contribution >= 0.6 is 0 Å². The summed E-state index contributed by atoms with van der Waals surface area (Å²) < 4.78 is 1.76. The van der Waals surface area contributed by atoms with Crippen LogP contribution in [-0.4, -0.2) is 75.7 Å². The molecule has 3 aromatic rings. The zero-order valence-electron chi connectivity index (χ0n) is 16.6. The van der Waals surface area contributed by atoms with Crippen LogP contribution in [0.2, 0.25) is 0 Å². The molecule has 0 unspecified atom stereocenters. The number of piperazine rings is 1. The lowest BCUT2D eigenvalue weighted by atomic mass is 10.2. The molecule has 148 valence electrons. The number of hydrogen-bond donors (Lipinski definition) is 2. The van der Waals surface area contributed by atoms with Gasteiger partial charge in [0, 0.05) is 50.8 Å². The topological polar surface area (TPSA) is 73.6 Å². The van der Waals surface area contributed by atoms with Gasteiger partial charge in [-0.1, -0.05) is 12.1 Å². The minimum absolute atomic E-state index is 0.569. The summed E-state index contributed by atoms with van der Waals surface area (Å²) in [6.07, 6.45) is 4.65. The molecule has 8 nitrogen and oxygen atoms in total. The van der Waals surface area contributed by atoms with Gasteiger partial charge in [-0.2, -0.15) is 4.98 Å². The maximum Gasteiger partial charge on any atom is 0.247 e. The van der Waals surface area contributed by atoms with E-state index in [1.54, 1.807) is 10.7 Å². The predicted molar refractivity (Wildman–Crippen MR) is 112 cm³/mol. The highest BCUT2D eigenvalue weighted by Crippen LogP contribution is 2.18. The van der Waals surface area contributed by atoms with E-state index in [1.807, 2.05) is 18.3 Å². The molecule has 28 heavy (non-hydrogen) atoms. The number of benzene rings is 1. The first-order chi connectivity index (χ1) is 13.7. The molecule has 1 aliphatic rings. The molecule has 1 fully saturated rings. The number of fused-ring (bicyclic) bond motifs is 1. The highest BCUT2D eigenvalue weighted by molar-refractivity contribution is 5.65. The van der Waals surface area contributed by atoms with Crippen molar-refractivity contribution < 1.29 is 0 Å². The van der Waals surface area contributed by atoms with Gasteiger partial charge in [0.05, 0.1) is 0 Å². The highest BCUT2D eigenvalue weighted by Gasteiger charge is 2.13. The van der Waals surface area contributed by atoms with E-state index in [0.29, 0.717) is 5.95 Å². The summed E-state index contributed by atoms with van der Waals surface area (Å²) in [6, 6.07) is 8.16. The molecule has 0 spiro atoms. The van der Waals surface area contributed by atoms with Gasteiger partial charge < -0.3 is 20.4 Å². The summed E-state index contributed by atoms with van der Waals surface area (Å²) >= 11 is 0. The molecular weight excluding hydrogens is 352 g/mol. The average molecular weight is 381 g/mol. The summed E-state index contributed by atoms with van der Waals surface area (Å²) in [5.41, 5.74) is 2.90. The Morgan fingerprint density at radius 1 is 1.14 bits per heavy atom. The number of hydrogen-bond acceptors (Lipinski definition) is 7. The molecule has 2 aromatic heterocycles. The van der Waals surface area contributed by atoms with Crippen molar-refractivity contribution in [2.24, 2.45) is 0 Å². The van der Waals surface area contributed by atoms with Crippen LogP contribution in [0.1, 0.15) is 12.0 Å². The number of aromatic nitrogens is 4.